The van der Waals surface area contributed by atoms with Crippen LogP contribution in [0.5, 0.6) is 11.5 Å². The number of hydrogen-bond acceptors (Lipinski definition) is 3. The highest BCUT2D eigenvalue weighted by atomic mass is 19.4. The molecule has 1 aliphatic heterocycles. The summed E-state index contributed by atoms with van der Waals surface area (Å²) in [5.41, 5.74) is 1.34. The summed E-state index contributed by atoms with van der Waals surface area (Å²) in [6.07, 6.45) is -1.99. The first-order valence-electron chi connectivity index (χ1n) is 8.80. The molecule has 1 atom stereocenters. The van der Waals surface area contributed by atoms with E-state index >= 15 is 0 Å². The minimum Gasteiger partial charge on any atom is -0.486 e. The van der Waals surface area contributed by atoms with Gasteiger partial charge in [-0.25, -0.2) is 0 Å². The predicted molar refractivity (Wildman–Crippen MR) is 91.2 cm³/mol. The van der Waals surface area contributed by atoms with Crippen molar-refractivity contribution < 1.29 is 22.6 Å². The Balaban J connectivity index is 1.46. The first-order valence-corrected chi connectivity index (χ1v) is 8.80. The molecule has 0 saturated heterocycles. The molecular formula is C20H20F3NO2. The van der Waals surface area contributed by atoms with Crippen LogP contribution in [-0.2, 0) is 12.7 Å². The average Bonchev–Trinajstić information content (AvgIpc) is 3.46. The minimum absolute atomic E-state index is 0.160. The molecule has 1 heterocycles. The van der Waals surface area contributed by atoms with Gasteiger partial charge in [0.25, 0.3) is 0 Å². The zero-order chi connectivity index (χ0) is 18.1. The van der Waals surface area contributed by atoms with E-state index in [0.29, 0.717) is 25.7 Å². The third kappa shape index (κ3) is 3.80. The van der Waals surface area contributed by atoms with Crippen LogP contribution in [0.25, 0.3) is 0 Å². The zero-order valence-corrected chi connectivity index (χ0v) is 14.2. The number of hydrogen-bond donors (Lipinski definition) is 1. The maximum absolute atomic E-state index is 12.7. The number of ether oxygens (including phenoxy) is 2. The van der Waals surface area contributed by atoms with Crippen molar-refractivity contribution in [3.8, 4) is 11.5 Å². The van der Waals surface area contributed by atoms with E-state index < -0.39 is 11.7 Å². The molecule has 0 bridgehead atoms. The number of fused-ring (bicyclic) bond motifs is 1. The smallest absolute Gasteiger partial charge is 0.416 e. The van der Waals surface area contributed by atoms with Crippen molar-refractivity contribution in [2.45, 2.75) is 31.6 Å². The van der Waals surface area contributed by atoms with Crippen LogP contribution in [0.1, 0.15) is 35.6 Å². The molecule has 26 heavy (non-hydrogen) atoms. The molecule has 2 aliphatic rings. The molecule has 3 nitrogen and oxygen atoms in total. The molecule has 6 heteroatoms. The molecule has 1 saturated carbocycles. The van der Waals surface area contributed by atoms with Gasteiger partial charge in [-0.2, -0.15) is 13.2 Å². The third-order valence-electron chi connectivity index (χ3n) is 4.83. The Morgan fingerprint density at radius 1 is 0.962 bits per heavy atom. The lowest BCUT2D eigenvalue weighted by Gasteiger charge is -2.23. The third-order valence-corrected chi connectivity index (χ3v) is 4.83. The normalized spacial score (nSPS) is 17.8. The molecule has 2 aromatic carbocycles. The molecule has 0 amide bonds. The van der Waals surface area contributed by atoms with Crippen molar-refractivity contribution in [2.24, 2.45) is 5.92 Å². The van der Waals surface area contributed by atoms with E-state index in [9.17, 15) is 13.2 Å². The van der Waals surface area contributed by atoms with Gasteiger partial charge in [0.15, 0.2) is 11.5 Å². The van der Waals surface area contributed by atoms with Crippen LogP contribution in [0.2, 0.25) is 0 Å². The van der Waals surface area contributed by atoms with Gasteiger partial charge in [0.2, 0.25) is 0 Å². The second-order valence-electron chi connectivity index (χ2n) is 6.79. The van der Waals surface area contributed by atoms with Crippen LogP contribution < -0.4 is 14.8 Å². The Bertz CT molecular complexity index is 770. The van der Waals surface area contributed by atoms with Crippen LogP contribution in [0.15, 0.2) is 42.5 Å². The average molecular weight is 363 g/mol. The Labute approximate surface area is 150 Å². The monoisotopic (exact) mass is 363 g/mol. The number of rotatable bonds is 5. The van der Waals surface area contributed by atoms with E-state index in [2.05, 4.69) is 5.32 Å². The molecule has 0 radical (unpaired) electrons. The predicted octanol–water partition coefficient (Wildman–Crippen LogP) is 4.72. The fourth-order valence-corrected chi connectivity index (χ4v) is 3.28. The van der Waals surface area contributed by atoms with Crippen LogP contribution in [0, 0.1) is 5.92 Å². The highest BCUT2D eigenvalue weighted by Gasteiger charge is 2.33. The van der Waals surface area contributed by atoms with E-state index in [4.69, 9.17) is 9.47 Å². The van der Waals surface area contributed by atoms with Crippen molar-refractivity contribution in [1.82, 2.24) is 5.32 Å². The summed E-state index contributed by atoms with van der Waals surface area (Å²) in [6, 6.07) is 11.5. The van der Waals surface area contributed by atoms with Crippen LogP contribution in [0.4, 0.5) is 13.2 Å². The summed E-state index contributed by atoms with van der Waals surface area (Å²) in [5, 5.41) is 3.50. The topological polar surface area (TPSA) is 30.5 Å². The Hall–Kier alpha value is -2.21. The number of benzene rings is 2. The quantitative estimate of drug-likeness (QED) is 0.834. The summed E-state index contributed by atoms with van der Waals surface area (Å²) >= 11 is 0. The maximum Gasteiger partial charge on any atom is 0.416 e. The second kappa shape index (κ2) is 6.83. The highest BCUT2D eigenvalue weighted by Crippen LogP contribution is 2.43. The van der Waals surface area contributed by atoms with E-state index in [-0.39, 0.29) is 6.04 Å². The van der Waals surface area contributed by atoms with Crippen molar-refractivity contribution in [1.29, 1.82) is 0 Å². The summed E-state index contributed by atoms with van der Waals surface area (Å²) in [5.74, 6) is 2.07. The van der Waals surface area contributed by atoms with Gasteiger partial charge in [0.1, 0.15) is 13.2 Å². The molecule has 0 aromatic heterocycles. The van der Waals surface area contributed by atoms with Gasteiger partial charge in [-0.1, -0.05) is 18.2 Å². The van der Waals surface area contributed by atoms with Crippen LogP contribution >= 0.6 is 0 Å². The minimum atomic E-state index is -4.30. The van der Waals surface area contributed by atoms with Gasteiger partial charge in [0.05, 0.1) is 5.56 Å². The number of halogens is 3. The second-order valence-corrected chi connectivity index (χ2v) is 6.79. The fourth-order valence-electron chi connectivity index (χ4n) is 3.28. The maximum atomic E-state index is 12.7. The van der Waals surface area contributed by atoms with E-state index in [1.807, 2.05) is 18.2 Å². The molecule has 1 fully saturated rings. The first kappa shape index (κ1) is 17.2. The molecular weight excluding hydrogens is 343 g/mol. The molecule has 4 rings (SSSR count). The van der Waals surface area contributed by atoms with Gasteiger partial charge in [-0.3, -0.25) is 0 Å². The number of alkyl halides is 3. The van der Waals surface area contributed by atoms with Crippen molar-refractivity contribution in [3.05, 3.63) is 59.2 Å². The van der Waals surface area contributed by atoms with E-state index in [0.717, 1.165) is 47.6 Å². The lowest BCUT2D eigenvalue weighted by molar-refractivity contribution is -0.137. The van der Waals surface area contributed by atoms with Crippen LogP contribution in [-0.4, -0.2) is 13.2 Å². The summed E-state index contributed by atoms with van der Waals surface area (Å²) in [7, 11) is 0. The molecule has 138 valence electrons. The Kier molecular flexibility index (Phi) is 4.53. The lowest BCUT2D eigenvalue weighted by atomic mass is 10.0. The van der Waals surface area contributed by atoms with Gasteiger partial charge in [0, 0.05) is 12.6 Å². The lowest BCUT2D eigenvalue weighted by Crippen LogP contribution is -2.23. The standard InChI is InChI=1S/C20H20F3NO2/c21-20(22,23)16-6-1-13(2-7-16)12-24-19(14-3-4-14)15-5-8-17-18(11-15)26-10-9-25-17/h1-2,5-8,11,14,19,24H,3-4,9-10,12H2/t19-/m1/s1. The highest BCUT2D eigenvalue weighted by molar-refractivity contribution is 5.45. The Morgan fingerprint density at radius 3 is 2.31 bits per heavy atom. The summed E-state index contributed by atoms with van der Waals surface area (Å²) < 4.78 is 49.2. The van der Waals surface area contributed by atoms with Crippen molar-refractivity contribution in [3.63, 3.8) is 0 Å². The summed E-state index contributed by atoms with van der Waals surface area (Å²) in [4.78, 5) is 0. The van der Waals surface area contributed by atoms with E-state index in [1.54, 1.807) is 0 Å². The van der Waals surface area contributed by atoms with Gasteiger partial charge in [-0.05, 0) is 54.2 Å². The largest absolute Gasteiger partial charge is 0.486 e. The molecule has 2 aromatic rings. The van der Waals surface area contributed by atoms with Crippen LogP contribution in [0.3, 0.4) is 0 Å². The molecule has 0 unspecified atom stereocenters. The van der Waals surface area contributed by atoms with E-state index in [1.165, 1.54) is 12.1 Å². The fraction of sp³-hybridized carbons (Fsp3) is 0.400. The molecule has 0 spiro atoms. The molecule has 1 aliphatic carbocycles. The SMILES string of the molecule is FC(F)(F)c1ccc(CN[C@@H](c2ccc3c(c2)OCCO3)C2CC2)cc1. The van der Waals surface area contributed by atoms with Gasteiger partial charge >= 0.3 is 6.18 Å². The Morgan fingerprint density at radius 2 is 1.65 bits per heavy atom. The van der Waals surface area contributed by atoms with Gasteiger partial charge in [-0.15, -0.1) is 0 Å². The summed E-state index contributed by atoms with van der Waals surface area (Å²) in [6.45, 7) is 1.63. The first-order chi connectivity index (χ1) is 12.5. The van der Waals surface area contributed by atoms with Crippen molar-refractivity contribution >= 4 is 0 Å². The zero-order valence-electron chi connectivity index (χ0n) is 14.2. The van der Waals surface area contributed by atoms with Gasteiger partial charge < -0.3 is 14.8 Å². The molecule has 1 N–H and O–H groups in total. The number of nitrogens with one attached hydrogen (secondary N) is 1. The van der Waals surface area contributed by atoms with Crippen molar-refractivity contribution in [2.75, 3.05) is 13.2 Å².